The molecule has 1 aromatic carbocycles. The highest BCUT2D eigenvalue weighted by atomic mass is 16.5. The molecule has 0 radical (unpaired) electrons. The maximum atomic E-state index is 11.7. The summed E-state index contributed by atoms with van der Waals surface area (Å²) >= 11 is 0. The van der Waals surface area contributed by atoms with E-state index >= 15 is 0 Å². The lowest BCUT2D eigenvalue weighted by atomic mass is 10.1. The zero-order valence-electron chi connectivity index (χ0n) is 12.6. The standard InChI is InChI=1S/C16H24N2O3/c1-20-15-8-5-7-14(13-15)17-16(19)21-12-6-11-18-9-3-2-4-10-18/h5,7-8,13H,2-4,6,9-12H2,1H3,(H,17,19). The number of hydrogen-bond donors (Lipinski definition) is 1. The molecule has 1 saturated heterocycles. The van der Waals surface area contributed by atoms with Crippen LogP contribution in [0.5, 0.6) is 5.75 Å². The van der Waals surface area contributed by atoms with Crippen LogP contribution in [0.15, 0.2) is 24.3 Å². The van der Waals surface area contributed by atoms with E-state index in [9.17, 15) is 4.79 Å². The van der Waals surface area contributed by atoms with Gasteiger partial charge < -0.3 is 14.4 Å². The Labute approximate surface area is 126 Å². The van der Waals surface area contributed by atoms with E-state index in [1.54, 1.807) is 19.2 Å². The fourth-order valence-electron chi connectivity index (χ4n) is 2.49. The van der Waals surface area contributed by atoms with Crippen molar-refractivity contribution in [1.29, 1.82) is 0 Å². The fraction of sp³-hybridized carbons (Fsp3) is 0.562. The summed E-state index contributed by atoms with van der Waals surface area (Å²) < 4.78 is 10.3. The Morgan fingerprint density at radius 2 is 2.10 bits per heavy atom. The minimum absolute atomic E-state index is 0.415. The third kappa shape index (κ3) is 5.63. The van der Waals surface area contributed by atoms with Crippen molar-refractivity contribution in [3.63, 3.8) is 0 Å². The summed E-state index contributed by atoms with van der Waals surface area (Å²) in [5.41, 5.74) is 0.676. The van der Waals surface area contributed by atoms with Gasteiger partial charge in [0.25, 0.3) is 0 Å². The largest absolute Gasteiger partial charge is 0.497 e. The molecule has 1 fully saturated rings. The topological polar surface area (TPSA) is 50.8 Å². The number of anilines is 1. The molecule has 116 valence electrons. The van der Waals surface area contributed by atoms with Gasteiger partial charge >= 0.3 is 6.09 Å². The van der Waals surface area contributed by atoms with Gasteiger partial charge in [0.1, 0.15) is 5.75 Å². The van der Waals surface area contributed by atoms with Crippen molar-refractivity contribution in [2.45, 2.75) is 25.7 Å². The van der Waals surface area contributed by atoms with Crippen molar-refractivity contribution in [2.75, 3.05) is 38.7 Å². The smallest absolute Gasteiger partial charge is 0.411 e. The van der Waals surface area contributed by atoms with Gasteiger partial charge in [-0.1, -0.05) is 12.5 Å². The number of carbonyl (C=O) groups is 1. The van der Waals surface area contributed by atoms with Crippen molar-refractivity contribution < 1.29 is 14.3 Å². The third-order valence-corrected chi connectivity index (χ3v) is 3.62. The number of amides is 1. The van der Waals surface area contributed by atoms with Crippen LogP contribution in [-0.2, 0) is 4.74 Å². The average molecular weight is 292 g/mol. The molecule has 0 spiro atoms. The van der Waals surface area contributed by atoms with E-state index in [4.69, 9.17) is 9.47 Å². The highest BCUT2D eigenvalue weighted by molar-refractivity contribution is 5.84. The molecular formula is C16H24N2O3. The van der Waals surface area contributed by atoms with Crippen molar-refractivity contribution in [3.05, 3.63) is 24.3 Å². The van der Waals surface area contributed by atoms with Gasteiger partial charge in [-0.15, -0.1) is 0 Å². The van der Waals surface area contributed by atoms with Crippen LogP contribution in [0.25, 0.3) is 0 Å². The molecule has 1 heterocycles. The Bertz CT molecular complexity index is 445. The van der Waals surface area contributed by atoms with Crippen LogP contribution >= 0.6 is 0 Å². The first kappa shape index (κ1) is 15.6. The molecule has 0 unspecified atom stereocenters. The first-order valence-electron chi connectivity index (χ1n) is 7.58. The number of benzene rings is 1. The second-order valence-electron chi connectivity index (χ2n) is 5.25. The molecule has 5 heteroatoms. The number of ether oxygens (including phenoxy) is 2. The van der Waals surface area contributed by atoms with E-state index < -0.39 is 6.09 Å². The summed E-state index contributed by atoms with van der Waals surface area (Å²) in [7, 11) is 1.60. The van der Waals surface area contributed by atoms with Crippen molar-refractivity contribution in [1.82, 2.24) is 4.90 Å². The van der Waals surface area contributed by atoms with Gasteiger partial charge in [-0.05, 0) is 44.5 Å². The van der Waals surface area contributed by atoms with Crippen molar-refractivity contribution in [3.8, 4) is 5.75 Å². The Hall–Kier alpha value is -1.75. The fourth-order valence-corrected chi connectivity index (χ4v) is 2.49. The van der Waals surface area contributed by atoms with Crippen LogP contribution in [-0.4, -0.2) is 44.3 Å². The number of methoxy groups -OCH3 is 1. The Morgan fingerprint density at radius 1 is 1.29 bits per heavy atom. The third-order valence-electron chi connectivity index (χ3n) is 3.62. The van der Waals surface area contributed by atoms with E-state index in [-0.39, 0.29) is 0 Å². The van der Waals surface area contributed by atoms with Crippen molar-refractivity contribution >= 4 is 11.8 Å². The van der Waals surface area contributed by atoms with Crippen LogP contribution in [0.1, 0.15) is 25.7 Å². The summed E-state index contributed by atoms with van der Waals surface area (Å²) in [4.78, 5) is 14.1. The van der Waals surface area contributed by atoms with Crippen LogP contribution in [0.4, 0.5) is 10.5 Å². The first-order chi connectivity index (χ1) is 10.3. The molecule has 21 heavy (non-hydrogen) atoms. The Balaban J connectivity index is 1.62. The first-order valence-corrected chi connectivity index (χ1v) is 7.58. The Kier molecular flexibility index (Phi) is 6.34. The summed E-state index contributed by atoms with van der Waals surface area (Å²) in [5.74, 6) is 0.706. The van der Waals surface area contributed by atoms with Crippen LogP contribution in [0, 0.1) is 0 Å². The van der Waals surface area contributed by atoms with Gasteiger partial charge in [0.15, 0.2) is 0 Å². The van der Waals surface area contributed by atoms with Crippen LogP contribution < -0.4 is 10.1 Å². The minimum Gasteiger partial charge on any atom is -0.497 e. The second kappa shape index (κ2) is 8.52. The molecule has 1 aliphatic rings. The molecule has 1 aliphatic heterocycles. The predicted octanol–water partition coefficient (Wildman–Crippen LogP) is 3.12. The molecule has 0 bridgehead atoms. The van der Waals surface area contributed by atoms with Crippen molar-refractivity contribution in [2.24, 2.45) is 0 Å². The molecule has 0 aliphatic carbocycles. The molecule has 1 N–H and O–H groups in total. The highest BCUT2D eigenvalue weighted by Gasteiger charge is 2.10. The molecule has 2 rings (SSSR count). The number of nitrogens with zero attached hydrogens (tertiary/aromatic N) is 1. The molecule has 0 atom stereocenters. The van der Waals surface area contributed by atoms with Gasteiger partial charge in [0.05, 0.1) is 13.7 Å². The summed E-state index contributed by atoms with van der Waals surface area (Å²) in [5, 5.41) is 2.70. The van der Waals surface area contributed by atoms with E-state index in [0.717, 1.165) is 13.0 Å². The van der Waals surface area contributed by atoms with Gasteiger partial charge in [0.2, 0.25) is 0 Å². The van der Waals surface area contributed by atoms with E-state index in [0.29, 0.717) is 18.0 Å². The molecule has 5 nitrogen and oxygen atoms in total. The number of hydrogen-bond acceptors (Lipinski definition) is 4. The lowest BCUT2D eigenvalue weighted by molar-refractivity contribution is 0.148. The van der Waals surface area contributed by atoms with Gasteiger partial charge in [-0.3, -0.25) is 5.32 Å². The predicted molar refractivity (Wildman–Crippen MR) is 82.9 cm³/mol. The molecule has 0 aromatic heterocycles. The molecule has 0 saturated carbocycles. The Morgan fingerprint density at radius 3 is 2.86 bits per heavy atom. The van der Waals surface area contributed by atoms with E-state index in [2.05, 4.69) is 10.2 Å². The van der Waals surface area contributed by atoms with Gasteiger partial charge in [-0.2, -0.15) is 0 Å². The number of nitrogens with one attached hydrogen (secondary N) is 1. The quantitative estimate of drug-likeness (QED) is 0.818. The zero-order valence-corrected chi connectivity index (χ0v) is 12.6. The minimum atomic E-state index is -0.415. The summed E-state index contributed by atoms with van der Waals surface area (Å²) in [6, 6.07) is 7.21. The number of likely N-dealkylation sites (tertiary alicyclic amines) is 1. The maximum Gasteiger partial charge on any atom is 0.411 e. The normalized spacial score (nSPS) is 15.5. The number of rotatable bonds is 6. The average Bonchev–Trinajstić information content (AvgIpc) is 2.53. The lowest BCUT2D eigenvalue weighted by Crippen LogP contribution is -2.31. The SMILES string of the molecule is COc1cccc(NC(=O)OCCCN2CCCCC2)c1. The number of carbonyl (C=O) groups excluding carboxylic acids is 1. The van der Waals surface area contributed by atoms with E-state index in [1.165, 1.54) is 32.4 Å². The summed E-state index contributed by atoms with van der Waals surface area (Å²) in [6.45, 7) is 3.81. The molecule has 1 amide bonds. The lowest BCUT2D eigenvalue weighted by Gasteiger charge is -2.26. The zero-order chi connectivity index (χ0) is 14.9. The van der Waals surface area contributed by atoms with Gasteiger partial charge in [-0.25, -0.2) is 4.79 Å². The van der Waals surface area contributed by atoms with Gasteiger partial charge in [0, 0.05) is 18.3 Å². The van der Waals surface area contributed by atoms with Crippen LogP contribution in [0.3, 0.4) is 0 Å². The number of piperidine rings is 1. The second-order valence-corrected chi connectivity index (χ2v) is 5.25. The summed E-state index contributed by atoms with van der Waals surface area (Å²) in [6.07, 6.45) is 4.39. The van der Waals surface area contributed by atoms with E-state index in [1.807, 2.05) is 12.1 Å². The molecular weight excluding hydrogens is 268 g/mol. The maximum absolute atomic E-state index is 11.7. The van der Waals surface area contributed by atoms with Crippen LogP contribution in [0.2, 0.25) is 0 Å². The highest BCUT2D eigenvalue weighted by Crippen LogP contribution is 2.16. The monoisotopic (exact) mass is 292 g/mol. The molecule has 1 aromatic rings.